The second-order valence-corrected chi connectivity index (χ2v) is 6.08. The largest absolute Gasteiger partial charge is 0.480 e. The topological polar surface area (TPSA) is 179 Å². The molecular weight excluding hydrogens is 297 g/mol. The summed E-state index contributed by atoms with van der Waals surface area (Å²) in [5.41, 5.74) is 10.7. The monoisotopic (exact) mass is 317 g/mol. The van der Waals surface area contributed by atoms with Crippen molar-refractivity contribution in [2.75, 3.05) is 12.3 Å². The number of aliphatic carboxylic acids is 1. The quantitative estimate of drug-likeness (QED) is 0.203. The Kier molecular flexibility index (Phi) is 11.1. The van der Waals surface area contributed by atoms with E-state index in [0.29, 0.717) is 18.1 Å². The number of hydrogen-bond donors (Lipinski definition) is 6. The van der Waals surface area contributed by atoms with E-state index in [9.17, 15) is 4.79 Å². The minimum Gasteiger partial charge on any atom is -0.480 e. The standard InChI is InChI=1S/C8H17N3O2S.H3O4P/c1-5(3-11-6(2)9)14-4-7(10)8(12)13;1-5(2,3)4/h5,7H,3-4,10H2,1-2H3,(H2,9,11)(H,12,13);(H3,1,2,3,4)/t5-,7+;/m1./s1. The van der Waals surface area contributed by atoms with E-state index in [1.165, 1.54) is 11.8 Å². The van der Waals surface area contributed by atoms with Crippen molar-refractivity contribution in [2.24, 2.45) is 16.5 Å². The van der Waals surface area contributed by atoms with Crippen LogP contribution in [0.15, 0.2) is 4.99 Å². The molecule has 0 amide bonds. The van der Waals surface area contributed by atoms with Gasteiger partial charge >= 0.3 is 13.8 Å². The molecule has 0 bridgehead atoms. The Labute approximate surface area is 115 Å². The molecule has 0 fully saturated rings. The Morgan fingerprint density at radius 1 is 1.42 bits per heavy atom. The van der Waals surface area contributed by atoms with Crippen LogP contribution < -0.4 is 11.5 Å². The zero-order valence-electron chi connectivity index (χ0n) is 10.6. The molecule has 0 aromatic rings. The van der Waals surface area contributed by atoms with Gasteiger partial charge in [-0.25, -0.2) is 4.57 Å². The number of carboxylic acids is 1. The van der Waals surface area contributed by atoms with Crippen LogP contribution in [-0.2, 0) is 9.36 Å². The number of thioether (sulfide) groups is 1. The summed E-state index contributed by atoms with van der Waals surface area (Å²) in [4.78, 5) is 36.0. The minimum absolute atomic E-state index is 0.235. The number of amidine groups is 1. The second kappa shape index (κ2) is 10.2. The van der Waals surface area contributed by atoms with E-state index >= 15 is 0 Å². The zero-order chi connectivity index (χ0) is 15.6. The lowest BCUT2D eigenvalue weighted by Gasteiger charge is -2.10. The molecule has 0 aliphatic heterocycles. The smallest absolute Gasteiger partial charge is 0.466 e. The normalized spacial score (nSPS) is 15.2. The van der Waals surface area contributed by atoms with Crippen LogP contribution in [-0.4, -0.2) is 55.2 Å². The third kappa shape index (κ3) is 22.9. The van der Waals surface area contributed by atoms with Crippen molar-refractivity contribution in [1.82, 2.24) is 0 Å². The van der Waals surface area contributed by atoms with Crippen molar-refractivity contribution in [3.63, 3.8) is 0 Å². The first-order valence-electron chi connectivity index (χ1n) is 5.08. The minimum atomic E-state index is -4.64. The fourth-order valence-corrected chi connectivity index (χ4v) is 1.52. The van der Waals surface area contributed by atoms with Gasteiger partial charge in [-0.1, -0.05) is 6.92 Å². The van der Waals surface area contributed by atoms with Crippen LogP contribution in [0, 0.1) is 0 Å². The van der Waals surface area contributed by atoms with Gasteiger partial charge in [-0.15, -0.1) is 0 Å². The average molecular weight is 317 g/mol. The van der Waals surface area contributed by atoms with Gasteiger partial charge in [0.25, 0.3) is 0 Å². The van der Waals surface area contributed by atoms with Crippen LogP contribution in [0.5, 0.6) is 0 Å². The number of phosphoric acid groups is 1. The van der Waals surface area contributed by atoms with Crippen LogP contribution >= 0.6 is 19.6 Å². The highest BCUT2D eigenvalue weighted by atomic mass is 32.2. The molecule has 0 aliphatic carbocycles. The lowest BCUT2D eigenvalue weighted by atomic mass is 10.4. The zero-order valence-corrected chi connectivity index (χ0v) is 12.3. The fourth-order valence-electron chi connectivity index (χ4n) is 0.664. The van der Waals surface area contributed by atoms with Gasteiger partial charge in [-0.05, 0) is 6.92 Å². The fraction of sp³-hybridized carbons (Fsp3) is 0.750. The SMILES string of the molecule is CC(N)=NC[C@@H](C)SC[C@H](N)C(=O)O.O=P(O)(O)O. The first kappa shape index (κ1) is 20.7. The molecular formula is C8H20N3O6PS. The van der Waals surface area contributed by atoms with E-state index in [1.807, 2.05) is 6.92 Å². The summed E-state index contributed by atoms with van der Waals surface area (Å²) in [5.74, 6) is -0.0292. The molecule has 11 heteroatoms. The summed E-state index contributed by atoms with van der Waals surface area (Å²) >= 11 is 1.49. The number of carboxylic acid groups (broad SMARTS) is 1. The number of carbonyl (C=O) groups is 1. The Bertz CT molecular complexity index is 335. The summed E-state index contributed by atoms with van der Waals surface area (Å²) < 4.78 is 8.88. The maximum atomic E-state index is 10.4. The molecule has 2 atom stereocenters. The summed E-state index contributed by atoms with van der Waals surface area (Å²) in [7, 11) is -4.64. The Balaban J connectivity index is 0. The molecule has 0 aromatic heterocycles. The van der Waals surface area contributed by atoms with Crippen molar-refractivity contribution >= 4 is 31.4 Å². The second-order valence-electron chi connectivity index (χ2n) is 3.58. The molecule has 9 nitrogen and oxygen atoms in total. The molecule has 114 valence electrons. The summed E-state index contributed by atoms with van der Waals surface area (Å²) in [5, 5.41) is 8.76. The predicted molar refractivity (Wildman–Crippen MR) is 74.0 cm³/mol. The van der Waals surface area contributed by atoms with Gasteiger partial charge < -0.3 is 31.3 Å². The van der Waals surface area contributed by atoms with Crippen LogP contribution in [0.2, 0.25) is 0 Å². The molecule has 0 radical (unpaired) electrons. The van der Waals surface area contributed by atoms with E-state index in [-0.39, 0.29) is 5.25 Å². The van der Waals surface area contributed by atoms with E-state index in [0.717, 1.165) is 0 Å². The lowest BCUT2D eigenvalue weighted by Crippen LogP contribution is -2.33. The van der Waals surface area contributed by atoms with Crippen molar-refractivity contribution in [3.8, 4) is 0 Å². The third-order valence-corrected chi connectivity index (χ3v) is 2.74. The molecule has 0 heterocycles. The number of rotatable bonds is 6. The molecule has 0 aliphatic rings. The Morgan fingerprint density at radius 3 is 2.16 bits per heavy atom. The van der Waals surface area contributed by atoms with Gasteiger partial charge in [0.05, 0.1) is 12.4 Å². The van der Waals surface area contributed by atoms with Crippen LogP contribution in [0.25, 0.3) is 0 Å². The lowest BCUT2D eigenvalue weighted by molar-refractivity contribution is -0.137. The molecule has 8 N–H and O–H groups in total. The van der Waals surface area contributed by atoms with Crippen LogP contribution in [0.1, 0.15) is 13.8 Å². The average Bonchev–Trinajstić information content (AvgIpc) is 2.20. The van der Waals surface area contributed by atoms with E-state index in [4.69, 9.17) is 35.8 Å². The molecule has 0 spiro atoms. The van der Waals surface area contributed by atoms with Gasteiger partial charge in [0, 0.05) is 11.0 Å². The number of aliphatic imine (C=N–C) groups is 1. The van der Waals surface area contributed by atoms with Crippen molar-refractivity contribution < 1.29 is 29.1 Å². The van der Waals surface area contributed by atoms with Gasteiger partial charge in [0.15, 0.2) is 0 Å². The Hall–Kier alpha value is -0.640. The summed E-state index contributed by atoms with van der Waals surface area (Å²) in [6.07, 6.45) is 0. The first-order valence-corrected chi connectivity index (χ1v) is 7.69. The Morgan fingerprint density at radius 2 is 1.84 bits per heavy atom. The molecule has 0 saturated carbocycles. The molecule has 0 saturated heterocycles. The molecule has 0 unspecified atom stereocenters. The number of nitrogens with two attached hydrogens (primary N) is 2. The molecule has 19 heavy (non-hydrogen) atoms. The van der Waals surface area contributed by atoms with E-state index in [1.54, 1.807) is 6.92 Å². The van der Waals surface area contributed by atoms with E-state index < -0.39 is 19.8 Å². The number of nitrogens with zero attached hydrogens (tertiary/aromatic N) is 1. The maximum absolute atomic E-state index is 10.4. The molecule has 0 aromatic carbocycles. The highest BCUT2D eigenvalue weighted by Crippen LogP contribution is 2.25. The van der Waals surface area contributed by atoms with Gasteiger partial charge in [0.1, 0.15) is 6.04 Å². The maximum Gasteiger partial charge on any atom is 0.466 e. The van der Waals surface area contributed by atoms with Crippen LogP contribution in [0.3, 0.4) is 0 Å². The predicted octanol–water partition coefficient (Wildman–Crippen LogP) is -1.03. The first-order chi connectivity index (χ1) is 8.43. The van der Waals surface area contributed by atoms with Crippen LogP contribution in [0.4, 0.5) is 0 Å². The highest BCUT2D eigenvalue weighted by Gasteiger charge is 2.13. The van der Waals surface area contributed by atoms with Gasteiger partial charge in [-0.2, -0.15) is 11.8 Å². The summed E-state index contributed by atoms with van der Waals surface area (Å²) in [6.45, 7) is 4.28. The van der Waals surface area contributed by atoms with Gasteiger partial charge in [-0.3, -0.25) is 9.79 Å². The number of hydrogen-bond acceptors (Lipinski definition) is 5. The van der Waals surface area contributed by atoms with E-state index in [2.05, 4.69) is 4.99 Å². The van der Waals surface area contributed by atoms with Crippen molar-refractivity contribution in [3.05, 3.63) is 0 Å². The summed E-state index contributed by atoms with van der Waals surface area (Å²) in [6, 6.07) is -0.801. The van der Waals surface area contributed by atoms with Crippen molar-refractivity contribution in [2.45, 2.75) is 25.1 Å². The van der Waals surface area contributed by atoms with Crippen molar-refractivity contribution in [1.29, 1.82) is 0 Å². The van der Waals surface area contributed by atoms with Gasteiger partial charge in [0.2, 0.25) is 0 Å². The molecule has 0 rings (SSSR count). The third-order valence-electron chi connectivity index (χ3n) is 1.48. The highest BCUT2D eigenvalue weighted by molar-refractivity contribution is 8.00.